The number of aliphatic hydroxyl groups is 3. The second kappa shape index (κ2) is 7.95. The van der Waals surface area contributed by atoms with Gasteiger partial charge in [-0.1, -0.05) is 46.8 Å². The molecule has 3 N–H and O–H groups in total. The van der Waals surface area contributed by atoms with Gasteiger partial charge in [-0.3, -0.25) is 4.79 Å². The summed E-state index contributed by atoms with van der Waals surface area (Å²) in [5, 5.41) is 32.8. The van der Waals surface area contributed by atoms with E-state index < -0.39 is 23.2 Å². The molecule has 0 aromatic carbocycles. The molecule has 10 unspecified atom stereocenters. The van der Waals surface area contributed by atoms with Crippen molar-refractivity contribution >= 4 is 5.78 Å². The summed E-state index contributed by atoms with van der Waals surface area (Å²) in [6.07, 6.45) is 9.39. The van der Waals surface area contributed by atoms with Gasteiger partial charge in [0, 0.05) is 24.7 Å². The quantitative estimate of drug-likeness (QED) is 0.571. The molecule has 0 radical (unpaired) electrons. The molecule has 0 aromatic heterocycles. The van der Waals surface area contributed by atoms with Crippen LogP contribution in [0.25, 0.3) is 0 Å². The van der Waals surface area contributed by atoms with Crippen molar-refractivity contribution in [1.29, 1.82) is 0 Å². The molecule has 0 aliphatic heterocycles. The summed E-state index contributed by atoms with van der Waals surface area (Å²) in [5.41, 5.74) is -2.23. The van der Waals surface area contributed by atoms with Crippen molar-refractivity contribution in [2.45, 2.75) is 104 Å². The first-order valence-corrected chi connectivity index (χ1v) is 12.7. The van der Waals surface area contributed by atoms with Crippen LogP contribution >= 0.6 is 0 Å². The van der Waals surface area contributed by atoms with E-state index in [1.165, 1.54) is 6.42 Å². The first-order chi connectivity index (χ1) is 14.4. The fourth-order valence-electron chi connectivity index (χ4n) is 8.69. The predicted octanol–water partition coefficient (Wildman–Crippen LogP) is 4.51. The van der Waals surface area contributed by atoms with Crippen molar-refractivity contribution in [3.05, 3.63) is 12.2 Å². The number of carbonyl (C=O) groups is 1. The summed E-state index contributed by atoms with van der Waals surface area (Å²) in [7, 11) is 0. The number of hydrogen-bond acceptors (Lipinski definition) is 4. The summed E-state index contributed by atoms with van der Waals surface area (Å²) in [6, 6.07) is 0. The maximum atomic E-state index is 13.3. The van der Waals surface area contributed by atoms with Crippen LogP contribution < -0.4 is 0 Å². The number of fused-ring (bicyclic) bond motifs is 5. The minimum absolute atomic E-state index is 0.0743. The fraction of sp³-hybridized carbons (Fsp3) is 0.889. The standard InChI is InChI=1S/C27H44O4/c1-16(2)7-6-8-17(3)20-9-10-21-19-14-24(30)27(31)15-18(28)13-23(29)26(27,5)22(19)11-12-25(20,21)4/h6,8,16-23,28-29,31H,7,9-15H2,1-5H3. The Morgan fingerprint density at radius 3 is 2.48 bits per heavy atom. The van der Waals surface area contributed by atoms with Crippen LogP contribution in [-0.4, -0.2) is 38.9 Å². The van der Waals surface area contributed by atoms with Gasteiger partial charge in [0.15, 0.2) is 5.78 Å². The lowest BCUT2D eigenvalue weighted by molar-refractivity contribution is -0.245. The Morgan fingerprint density at radius 2 is 1.81 bits per heavy atom. The van der Waals surface area contributed by atoms with Gasteiger partial charge in [0.25, 0.3) is 0 Å². The third kappa shape index (κ3) is 3.38. The van der Waals surface area contributed by atoms with Gasteiger partial charge in [0.2, 0.25) is 0 Å². The van der Waals surface area contributed by atoms with Gasteiger partial charge in [0.1, 0.15) is 5.60 Å². The molecule has 31 heavy (non-hydrogen) atoms. The Hall–Kier alpha value is -0.710. The lowest BCUT2D eigenvalue weighted by atomic mass is 9.42. The summed E-state index contributed by atoms with van der Waals surface area (Å²) >= 11 is 0. The second-order valence-corrected chi connectivity index (χ2v) is 12.4. The van der Waals surface area contributed by atoms with Gasteiger partial charge < -0.3 is 15.3 Å². The molecule has 0 bridgehead atoms. The summed E-state index contributed by atoms with van der Waals surface area (Å²) in [5.74, 6) is 2.54. The average Bonchev–Trinajstić information content (AvgIpc) is 3.02. The lowest BCUT2D eigenvalue weighted by Crippen LogP contribution is -2.71. The summed E-state index contributed by atoms with van der Waals surface area (Å²) in [4.78, 5) is 13.3. The third-order valence-corrected chi connectivity index (χ3v) is 10.5. The van der Waals surface area contributed by atoms with Gasteiger partial charge in [0.05, 0.1) is 12.2 Å². The maximum absolute atomic E-state index is 13.3. The van der Waals surface area contributed by atoms with Gasteiger partial charge in [-0.2, -0.15) is 0 Å². The van der Waals surface area contributed by atoms with Gasteiger partial charge in [-0.15, -0.1) is 0 Å². The fourth-order valence-corrected chi connectivity index (χ4v) is 8.69. The molecule has 0 aromatic rings. The molecule has 0 amide bonds. The van der Waals surface area contributed by atoms with Gasteiger partial charge in [-0.05, 0) is 73.0 Å². The summed E-state index contributed by atoms with van der Waals surface area (Å²) in [6.45, 7) is 11.3. The van der Waals surface area contributed by atoms with Crippen molar-refractivity contribution in [1.82, 2.24) is 0 Å². The molecular formula is C27H44O4. The van der Waals surface area contributed by atoms with Crippen LogP contribution in [0.1, 0.15) is 86.0 Å². The predicted molar refractivity (Wildman–Crippen MR) is 122 cm³/mol. The number of hydrogen-bond donors (Lipinski definition) is 3. The molecule has 4 fully saturated rings. The van der Waals surface area contributed by atoms with E-state index >= 15 is 0 Å². The molecule has 0 saturated heterocycles. The van der Waals surface area contributed by atoms with E-state index in [0.29, 0.717) is 30.1 Å². The molecule has 10 atom stereocenters. The van der Waals surface area contributed by atoms with Crippen molar-refractivity contribution in [2.24, 2.45) is 46.3 Å². The Morgan fingerprint density at radius 1 is 1.10 bits per heavy atom. The zero-order valence-electron chi connectivity index (χ0n) is 20.2. The van der Waals surface area contributed by atoms with Gasteiger partial charge in [-0.25, -0.2) is 0 Å². The average molecular weight is 433 g/mol. The highest BCUT2D eigenvalue weighted by atomic mass is 16.3. The molecule has 4 rings (SSSR count). The molecule has 4 aliphatic rings. The van der Waals surface area contributed by atoms with E-state index in [9.17, 15) is 20.1 Å². The zero-order chi connectivity index (χ0) is 22.8. The second-order valence-electron chi connectivity index (χ2n) is 12.4. The van der Waals surface area contributed by atoms with E-state index in [2.05, 4.69) is 39.8 Å². The highest BCUT2D eigenvalue weighted by molar-refractivity contribution is 5.90. The van der Waals surface area contributed by atoms with Gasteiger partial charge >= 0.3 is 0 Å². The lowest BCUT2D eigenvalue weighted by Gasteiger charge is -2.64. The van der Waals surface area contributed by atoms with Crippen molar-refractivity contribution in [2.75, 3.05) is 0 Å². The van der Waals surface area contributed by atoms with Crippen molar-refractivity contribution in [3.63, 3.8) is 0 Å². The summed E-state index contributed by atoms with van der Waals surface area (Å²) < 4.78 is 0. The number of ketones is 1. The van der Waals surface area contributed by atoms with E-state index in [0.717, 1.165) is 25.7 Å². The third-order valence-electron chi connectivity index (χ3n) is 10.5. The first-order valence-electron chi connectivity index (χ1n) is 12.7. The Kier molecular flexibility index (Phi) is 6.02. The number of Topliss-reactive ketones (excluding diaryl/α,β-unsaturated/α-hetero) is 1. The molecule has 4 saturated carbocycles. The van der Waals surface area contributed by atoms with Crippen LogP contribution in [0.5, 0.6) is 0 Å². The van der Waals surface area contributed by atoms with E-state index in [-0.39, 0.29) is 35.9 Å². The Labute approximate surface area is 188 Å². The molecule has 4 aliphatic carbocycles. The monoisotopic (exact) mass is 432 g/mol. The number of carbonyl (C=O) groups excluding carboxylic acids is 1. The molecular weight excluding hydrogens is 388 g/mol. The Bertz CT molecular complexity index is 731. The molecule has 0 spiro atoms. The van der Waals surface area contributed by atoms with Crippen LogP contribution in [0.3, 0.4) is 0 Å². The minimum atomic E-state index is -1.59. The van der Waals surface area contributed by atoms with Crippen molar-refractivity contribution in [3.8, 4) is 0 Å². The SMILES string of the molecule is CC(C)CC=CC(C)C1CCC2C3CC(=O)C4(O)CC(O)CC(O)C4(C)C3CCC12C. The maximum Gasteiger partial charge on any atom is 0.165 e. The van der Waals surface area contributed by atoms with Crippen LogP contribution in [0.15, 0.2) is 12.2 Å². The minimum Gasteiger partial charge on any atom is -0.393 e. The Balaban J connectivity index is 1.60. The van der Waals surface area contributed by atoms with Crippen LogP contribution in [-0.2, 0) is 4.79 Å². The molecule has 176 valence electrons. The van der Waals surface area contributed by atoms with E-state index in [1.54, 1.807) is 0 Å². The number of rotatable bonds is 4. The van der Waals surface area contributed by atoms with Crippen LogP contribution in [0, 0.1) is 46.3 Å². The van der Waals surface area contributed by atoms with E-state index in [4.69, 9.17) is 0 Å². The number of allylic oxidation sites excluding steroid dienone is 2. The first kappa shape index (κ1) is 23.4. The van der Waals surface area contributed by atoms with Crippen molar-refractivity contribution < 1.29 is 20.1 Å². The molecule has 4 heteroatoms. The highest BCUT2D eigenvalue weighted by Gasteiger charge is 2.70. The largest absolute Gasteiger partial charge is 0.393 e. The van der Waals surface area contributed by atoms with Crippen LogP contribution in [0.4, 0.5) is 0 Å². The molecule has 4 nitrogen and oxygen atoms in total. The normalized spacial score (nSPS) is 50.9. The highest BCUT2D eigenvalue weighted by Crippen LogP contribution is 2.68. The topological polar surface area (TPSA) is 77.8 Å². The smallest absolute Gasteiger partial charge is 0.165 e. The van der Waals surface area contributed by atoms with Crippen LogP contribution in [0.2, 0.25) is 0 Å². The molecule has 0 heterocycles. The number of aliphatic hydroxyl groups excluding tert-OH is 2. The van der Waals surface area contributed by atoms with E-state index in [1.807, 2.05) is 6.92 Å². The zero-order valence-corrected chi connectivity index (χ0v) is 20.2.